The number of carbonyl (C=O) groups excluding carboxylic acids is 1. The Labute approximate surface area is 154 Å². The highest BCUT2D eigenvalue weighted by Crippen LogP contribution is 2.15. The fourth-order valence-electron chi connectivity index (χ4n) is 2.32. The second kappa shape index (κ2) is 7.96. The van der Waals surface area contributed by atoms with Crippen LogP contribution in [-0.2, 0) is 16.2 Å². The minimum atomic E-state index is -0.301. The van der Waals surface area contributed by atoms with Gasteiger partial charge < -0.3 is 14.7 Å². The molecule has 0 bridgehead atoms. The van der Waals surface area contributed by atoms with Crippen LogP contribution in [0.3, 0.4) is 0 Å². The van der Waals surface area contributed by atoms with Crippen molar-refractivity contribution in [3.05, 3.63) is 51.8 Å². The molecule has 0 aromatic carbocycles. The number of oxime groups is 1. The summed E-state index contributed by atoms with van der Waals surface area (Å²) in [7, 11) is 0. The zero-order chi connectivity index (χ0) is 18.5. The van der Waals surface area contributed by atoms with Gasteiger partial charge in [-0.05, 0) is 32.2 Å². The van der Waals surface area contributed by atoms with Crippen LogP contribution < -0.4 is 5.32 Å². The van der Waals surface area contributed by atoms with Crippen molar-refractivity contribution in [1.29, 1.82) is 0 Å². The predicted molar refractivity (Wildman–Crippen MR) is 98.4 cm³/mol. The van der Waals surface area contributed by atoms with E-state index < -0.39 is 0 Å². The highest BCUT2D eigenvalue weighted by Gasteiger charge is 2.11. The lowest BCUT2D eigenvalue weighted by molar-refractivity contribution is -0.120. The molecule has 26 heavy (non-hydrogen) atoms. The Morgan fingerprint density at radius 3 is 3.00 bits per heavy atom. The van der Waals surface area contributed by atoms with E-state index in [4.69, 9.17) is 9.36 Å². The summed E-state index contributed by atoms with van der Waals surface area (Å²) in [5.74, 6) is 0.459. The van der Waals surface area contributed by atoms with Crippen LogP contribution in [0, 0.1) is 13.8 Å². The SMILES string of the molecule is CC(=NOCC(=O)Nc1cnn(Cc2c(C)noc2C)c1)c1cccs1. The molecular weight excluding hydrogens is 354 g/mol. The van der Waals surface area contributed by atoms with E-state index >= 15 is 0 Å². The first-order valence-electron chi connectivity index (χ1n) is 7.97. The van der Waals surface area contributed by atoms with Crippen LogP contribution in [-0.4, -0.2) is 33.2 Å². The number of hydrogen-bond acceptors (Lipinski definition) is 7. The smallest absolute Gasteiger partial charge is 0.265 e. The molecule has 0 fully saturated rings. The second-order valence-corrected chi connectivity index (χ2v) is 6.65. The van der Waals surface area contributed by atoms with Crippen molar-refractivity contribution >= 4 is 28.6 Å². The van der Waals surface area contributed by atoms with E-state index in [1.165, 1.54) is 0 Å². The number of carbonyl (C=O) groups is 1. The Kier molecular flexibility index (Phi) is 5.47. The molecule has 3 rings (SSSR count). The Morgan fingerprint density at radius 2 is 2.31 bits per heavy atom. The van der Waals surface area contributed by atoms with Gasteiger partial charge in [-0.3, -0.25) is 9.48 Å². The molecule has 0 saturated heterocycles. The van der Waals surface area contributed by atoms with Crippen LogP contribution in [0.4, 0.5) is 5.69 Å². The molecule has 3 aromatic heterocycles. The van der Waals surface area contributed by atoms with Gasteiger partial charge in [-0.25, -0.2) is 0 Å². The normalized spacial score (nSPS) is 11.6. The van der Waals surface area contributed by atoms with E-state index in [9.17, 15) is 4.79 Å². The van der Waals surface area contributed by atoms with Crippen molar-refractivity contribution in [3.8, 4) is 0 Å². The van der Waals surface area contributed by atoms with Gasteiger partial charge in [0, 0.05) is 11.8 Å². The third-order valence-electron chi connectivity index (χ3n) is 3.69. The second-order valence-electron chi connectivity index (χ2n) is 5.70. The van der Waals surface area contributed by atoms with E-state index in [1.807, 2.05) is 38.3 Å². The van der Waals surface area contributed by atoms with E-state index in [1.54, 1.807) is 28.4 Å². The first-order chi connectivity index (χ1) is 12.5. The van der Waals surface area contributed by atoms with E-state index in [0.29, 0.717) is 12.2 Å². The average molecular weight is 373 g/mol. The number of hydrogen-bond donors (Lipinski definition) is 1. The molecule has 3 heterocycles. The Bertz CT molecular complexity index is 891. The number of anilines is 1. The Morgan fingerprint density at radius 1 is 1.46 bits per heavy atom. The molecule has 0 aliphatic carbocycles. The van der Waals surface area contributed by atoms with Gasteiger partial charge in [-0.2, -0.15) is 5.10 Å². The summed E-state index contributed by atoms with van der Waals surface area (Å²) in [5.41, 5.74) is 3.13. The highest BCUT2D eigenvalue weighted by atomic mass is 32.1. The van der Waals surface area contributed by atoms with Crippen molar-refractivity contribution in [2.24, 2.45) is 5.16 Å². The van der Waals surface area contributed by atoms with Gasteiger partial charge >= 0.3 is 0 Å². The maximum absolute atomic E-state index is 12.0. The van der Waals surface area contributed by atoms with E-state index in [-0.39, 0.29) is 12.5 Å². The topological polar surface area (TPSA) is 94.5 Å². The molecule has 9 heteroatoms. The maximum atomic E-state index is 12.0. The minimum absolute atomic E-state index is 0.169. The van der Waals surface area contributed by atoms with E-state index in [0.717, 1.165) is 27.6 Å². The predicted octanol–water partition coefficient (Wildman–Crippen LogP) is 2.98. The summed E-state index contributed by atoms with van der Waals surface area (Å²) >= 11 is 1.56. The lowest BCUT2D eigenvalue weighted by Gasteiger charge is -2.02. The number of thiophene rings is 1. The number of amides is 1. The van der Waals surface area contributed by atoms with Crippen molar-refractivity contribution < 1.29 is 14.2 Å². The van der Waals surface area contributed by atoms with Crippen molar-refractivity contribution in [1.82, 2.24) is 14.9 Å². The molecular formula is C17H19N5O3S. The Balaban J connectivity index is 1.51. The lowest BCUT2D eigenvalue weighted by Crippen LogP contribution is -2.17. The zero-order valence-corrected chi connectivity index (χ0v) is 15.5. The lowest BCUT2D eigenvalue weighted by atomic mass is 10.2. The molecule has 0 atom stereocenters. The summed E-state index contributed by atoms with van der Waals surface area (Å²) in [6, 6.07) is 3.88. The largest absolute Gasteiger partial charge is 0.385 e. The summed E-state index contributed by atoms with van der Waals surface area (Å²) in [6.45, 7) is 5.93. The average Bonchev–Trinajstić information content (AvgIpc) is 3.34. The van der Waals surface area contributed by atoms with Crippen LogP contribution in [0.5, 0.6) is 0 Å². The molecule has 8 nitrogen and oxygen atoms in total. The quantitative estimate of drug-likeness (QED) is 0.507. The summed E-state index contributed by atoms with van der Waals surface area (Å²) < 4.78 is 6.85. The summed E-state index contributed by atoms with van der Waals surface area (Å²) in [5, 5.41) is 16.8. The van der Waals surface area contributed by atoms with Crippen LogP contribution in [0.2, 0.25) is 0 Å². The number of nitrogens with zero attached hydrogens (tertiary/aromatic N) is 4. The third-order valence-corrected chi connectivity index (χ3v) is 4.67. The molecule has 0 unspecified atom stereocenters. The van der Waals surface area contributed by atoms with Crippen LogP contribution in [0.1, 0.15) is 28.8 Å². The van der Waals surface area contributed by atoms with E-state index in [2.05, 4.69) is 20.7 Å². The Hall–Kier alpha value is -2.94. The molecule has 0 spiro atoms. The van der Waals surface area contributed by atoms with Crippen LogP contribution in [0.25, 0.3) is 0 Å². The summed E-state index contributed by atoms with van der Waals surface area (Å²) in [4.78, 5) is 18.1. The fourth-order valence-corrected chi connectivity index (χ4v) is 2.99. The number of nitrogens with one attached hydrogen (secondary N) is 1. The summed E-state index contributed by atoms with van der Waals surface area (Å²) in [6.07, 6.45) is 3.32. The van der Waals surface area contributed by atoms with Gasteiger partial charge in [0.15, 0.2) is 6.61 Å². The molecule has 1 amide bonds. The number of rotatable bonds is 7. The molecule has 0 aliphatic rings. The van der Waals surface area contributed by atoms with Gasteiger partial charge in [-0.1, -0.05) is 16.4 Å². The van der Waals surface area contributed by atoms with Gasteiger partial charge in [0.2, 0.25) is 0 Å². The van der Waals surface area contributed by atoms with Crippen molar-refractivity contribution in [3.63, 3.8) is 0 Å². The standard InChI is InChI=1S/C17H19N5O3S/c1-11-15(13(3)25-21-11)9-22-8-14(7-18-22)19-17(23)10-24-20-12(2)16-5-4-6-26-16/h4-8H,9-10H2,1-3H3,(H,19,23). The molecule has 0 aliphatic heterocycles. The number of aryl methyl sites for hydroxylation is 2. The van der Waals surface area contributed by atoms with Crippen molar-refractivity contribution in [2.45, 2.75) is 27.3 Å². The first-order valence-corrected chi connectivity index (χ1v) is 8.85. The fraction of sp³-hybridized carbons (Fsp3) is 0.294. The molecule has 1 N–H and O–H groups in total. The zero-order valence-electron chi connectivity index (χ0n) is 14.7. The number of aromatic nitrogens is 3. The first kappa shape index (κ1) is 17.9. The highest BCUT2D eigenvalue weighted by molar-refractivity contribution is 7.12. The van der Waals surface area contributed by atoms with Gasteiger partial charge in [0.25, 0.3) is 5.91 Å². The maximum Gasteiger partial charge on any atom is 0.265 e. The van der Waals surface area contributed by atoms with Gasteiger partial charge in [0.1, 0.15) is 5.76 Å². The molecule has 3 aromatic rings. The third kappa shape index (κ3) is 4.37. The molecule has 0 saturated carbocycles. The van der Waals surface area contributed by atoms with Crippen LogP contribution in [0.15, 0.2) is 39.6 Å². The molecule has 136 valence electrons. The monoisotopic (exact) mass is 373 g/mol. The molecule has 0 radical (unpaired) electrons. The van der Waals surface area contributed by atoms with Crippen LogP contribution >= 0.6 is 11.3 Å². The minimum Gasteiger partial charge on any atom is -0.385 e. The van der Waals surface area contributed by atoms with Gasteiger partial charge in [-0.15, -0.1) is 11.3 Å². The van der Waals surface area contributed by atoms with Gasteiger partial charge in [0.05, 0.1) is 34.7 Å². The van der Waals surface area contributed by atoms with Crippen molar-refractivity contribution in [2.75, 3.05) is 11.9 Å².